The zero-order chi connectivity index (χ0) is 10.2. The lowest BCUT2D eigenvalue weighted by molar-refractivity contribution is 0.128. The molecule has 0 aromatic carbocycles. The van der Waals surface area contributed by atoms with Crippen LogP contribution in [0.1, 0.15) is 19.8 Å². The van der Waals surface area contributed by atoms with Gasteiger partial charge in [0.25, 0.3) is 0 Å². The molecule has 3 heteroatoms. The molecule has 0 radical (unpaired) electrons. The molecule has 2 rings (SSSR count). The van der Waals surface area contributed by atoms with Crippen LogP contribution < -0.4 is 5.73 Å². The van der Waals surface area contributed by atoms with Crippen LogP contribution in [0.15, 0.2) is 0 Å². The van der Waals surface area contributed by atoms with Crippen LogP contribution in [0.3, 0.4) is 0 Å². The molecule has 0 aromatic heterocycles. The Kier molecular flexibility index (Phi) is 2.82. The molecule has 1 aliphatic heterocycles. The Morgan fingerprint density at radius 2 is 2.21 bits per heavy atom. The van der Waals surface area contributed by atoms with Crippen molar-refractivity contribution < 1.29 is 4.74 Å². The van der Waals surface area contributed by atoms with Gasteiger partial charge in [0.05, 0.1) is 13.2 Å². The summed E-state index contributed by atoms with van der Waals surface area (Å²) in [5, 5.41) is 0. The van der Waals surface area contributed by atoms with Gasteiger partial charge < -0.3 is 15.4 Å². The Morgan fingerprint density at radius 3 is 2.71 bits per heavy atom. The predicted molar refractivity (Wildman–Crippen MR) is 57.1 cm³/mol. The second-order valence-corrected chi connectivity index (χ2v) is 5.42. The molecule has 0 spiro atoms. The van der Waals surface area contributed by atoms with E-state index < -0.39 is 0 Å². The maximum absolute atomic E-state index is 6.06. The van der Waals surface area contributed by atoms with Crippen LogP contribution >= 0.6 is 0 Å². The van der Waals surface area contributed by atoms with Gasteiger partial charge in [-0.3, -0.25) is 0 Å². The van der Waals surface area contributed by atoms with Crippen molar-refractivity contribution in [1.29, 1.82) is 0 Å². The molecule has 1 aliphatic carbocycles. The monoisotopic (exact) mass is 198 g/mol. The summed E-state index contributed by atoms with van der Waals surface area (Å²) in [5.41, 5.74) is 6.23. The number of hydrogen-bond acceptors (Lipinski definition) is 3. The Balaban J connectivity index is 1.81. The molecule has 3 nitrogen and oxygen atoms in total. The van der Waals surface area contributed by atoms with Crippen molar-refractivity contribution in [2.75, 3.05) is 33.4 Å². The van der Waals surface area contributed by atoms with Crippen LogP contribution in [0.2, 0.25) is 0 Å². The van der Waals surface area contributed by atoms with Gasteiger partial charge in [0.2, 0.25) is 0 Å². The maximum atomic E-state index is 6.06. The number of ether oxygens (including phenoxy) is 1. The first kappa shape index (κ1) is 10.4. The fraction of sp³-hybridized carbons (Fsp3) is 1.00. The Labute approximate surface area is 86.6 Å². The lowest BCUT2D eigenvalue weighted by Crippen LogP contribution is -2.46. The second kappa shape index (κ2) is 3.80. The zero-order valence-corrected chi connectivity index (χ0v) is 9.33. The quantitative estimate of drug-likeness (QED) is 0.722. The van der Waals surface area contributed by atoms with Gasteiger partial charge in [0, 0.05) is 24.5 Å². The first-order valence-corrected chi connectivity index (χ1v) is 5.62. The highest BCUT2D eigenvalue weighted by Crippen LogP contribution is 2.32. The van der Waals surface area contributed by atoms with Crippen LogP contribution in [0, 0.1) is 11.3 Å². The number of nitrogens with zero attached hydrogens (tertiary/aromatic N) is 1. The summed E-state index contributed by atoms with van der Waals surface area (Å²) in [7, 11) is 2.20. The fourth-order valence-corrected chi connectivity index (χ4v) is 2.31. The lowest BCUT2D eigenvalue weighted by Gasteiger charge is -2.32. The number of rotatable bonds is 4. The molecule has 2 aliphatic rings. The van der Waals surface area contributed by atoms with E-state index in [-0.39, 0.29) is 11.5 Å². The molecule has 2 atom stereocenters. The molecule has 1 saturated carbocycles. The third-order valence-electron chi connectivity index (χ3n) is 3.52. The Morgan fingerprint density at radius 1 is 1.50 bits per heavy atom. The molecule has 1 heterocycles. The average Bonchev–Trinajstić information content (AvgIpc) is 2.82. The summed E-state index contributed by atoms with van der Waals surface area (Å²) in [6.45, 7) is 6.11. The van der Waals surface area contributed by atoms with Crippen LogP contribution in [0.5, 0.6) is 0 Å². The maximum Gasteiger partial charge on any atom is 0.0624 e. The zero-order valence-electron chi connectivity index (χ0n) is 9.33. The van der Waals surface area contributed by atoms with Crippen molar-refractivity contribution >= 4 is 0 Å². The predicted octanol–water partition coefficient (Wildman–Crippen LogP) is 0.692. The molecular formula is C11H22N2O. The molecule has 82 valence electrons. The minimum atomic E-state index is 0.170. The van der Waals surface area contributed by atoms with Crippen molar-refractivity contribution in [3.63, 3.8) is 0 Å². The molecule has 14 heavy (non-hydrogen) atoms. The van der Waals surface area contributed by atoms with Crippen molar-refractivity contribution in [2.45, 2.75) is 25.8 Å². The van der Waals surface area contributed by atoms with E-state index in [1.54, 1.807) is 0 Å². The van der Waals surface area contributed by atoms with E-state index in [0.717, 1.165) is 25.7 Å². The average molecular weight is 198 g/mol. The van der Waals surface area contributed by atoms with E-state index in [1.165, 1.54) is 19.4 Å². The largest absolute Gasteiger partial charge is 0.379 e. The normalized spacial score (nSPS) is 38.1. The number of nitrogens with two attached hydrogens (primary N) is 1. The van der Waals surface area contributed by atoms with E-state index in [0.29, 0.717) is 0 Å². The first-order valence-electron chi connectivity index (χ1n) is 5.62. The molecule has 2 fully saturated rings. The smallest absolute Gasteiger partial charge is 0.0624 e. The third kappa shape index (κ3) is 2.27. The molecule has 2 N–H and O–H groups in total. The first-order chi connectivity index (χ1) is 6.60. The van der Waals surface area contributed by atoms with Gasteiger partial charge in [0.1, 0.15) is 0 Å². The van der Waals surface area contributed by atoms with E-state index >= 15 is 0 Å². The highest BCUT2D eigenvalue weighted by molar-refractivity contribution is 4.92. The van der Waals surface area contributed by atoms with Gasteiger partial charge in [-0.1, -0.05) is 6.92 Å². The standard InChI is InChI=1S/C11H22N2O/c1-11(8-14-6-10(11)12)7-13(2)5-9-3-4-9/h9-10H,3-8,12H2,1-2H3. The Hall–Kier alpha value is -0.120. The van der Waals surface area contributed by atoms with E-state index in [4.69, 9.17) is 10.5 Å². The van der Waals surface area contributed by atoms with Crippen molar-refractivity contribution in [2.24, 2.45) is 17.1 Å². The third-order valence-corrected chi connectivity index (χ3v) is 3.52. The van der Waals surface area contributed by atoms with Crippen molar-refractivity contribution in [3.05, 3.63) is 0 Å². The van der Waals surface area contributed by atoms with Crippen molar-refractivity contribution in [3.8, 4) is 0 Å². The Bertz CT molecular complexity index is 205. The van der Waals surface area contributed by atoms with Crippen LogP contribution in [-0.4, -0.2) is 44.3 Å². The minimum absolute atomic E-state index is 0.170. The highest BCUT2D eigenvalue weighted by atomic mass is 16.5. The van der Waals surface area contributed by atoms with Crippen LogP contribution in [-0.2, 0) is 4.74 Å². The fourth-order valence-electron chi connectivity index (χ4n) is 2.31. The van der Waals surface area contributed by atoms with Gasteiger partial charge in [-0.25, -0.2) is 0 Å². The van der Waals surface area contributed by atoms with Gasteiger partial charge in [-0.2, -0.15) is 0 Å². The SMILES string of the molecule is CN(CC1CC1)CC1(C)COCC1N. The summed E-state index contributed by atoms with van der Waals surface area (Å²) < 4.78 is 5.44. The van der Waals surface area contributed by atoms with E-state index in [1.807, 2.05) is 0 Å². The summed E-state index contributed by atoms with van der Waals surface area (Å²) >= 11 is 0. The van der Waals surface area contributed by atoms with E-state index in [9.17, 15) is 0 Å². The van der Waals surface area contributed by atoms with Gasteiger partial charge in [-0.15, -0.1) is 0 Å². The summed E-state index contributed by atoms with van der Waals surface area (Å²) in [6, 6.07) is 0.212. The highest BCUT2D eigenvalue weighted by Gasteiger charge is 2.39. The molecule has 0 amide bonds. The summed E-state index contributed by atoms with van der Waals surface area (Å²) in [6.07, 6.45) is 2.84. The molecule has 0 bridgehead atoms. The molecule has 1 saturated heterocycles. The molecular weight excluding hydrogens is 176 g/mol. The van der Waals surface area contributed by atoms with Gasteiger partial charge in [-0.05, 0) is 25.8 Å². The van der Waals surface area contributed by atoms with E-state index in [2.05, 4.69) is 18.9 Å². The van der Waals surface area contributed by atoms with Crippen molar-refractivity contribution in [1.82, 2.24) is 4.90 Å². The minimum Gasteiger partial charge on any atom is -0.379 e. The topological polar surface area (TPSA) is 38.5 Å². The summed E-state index contributed by atoms with van der Waals surface area (Å²) in [4.78, 5) is 2.42. The molecule has 2 unspecified atom stereocenters. The van der Waals surface area contributed by atoms with Crippen LogP contribution in [0.4, 0.5) is 0 Å². The van der Waals surface area contributed by atoms with Crippen LogP contribution in [0.25, 0.3) is 0 Å². The molecule has 0 aromatic rings. The summed E-state index contributed by atoms with van der Waals surface area (Å²) in [5.74, 6) is 0.960. The second-order valence-electron chi connectivity index (χ2n) is 5.42. The van der Waals surface area contributed by atoms with Gasteiger partial charge in [0.15, 0.2) is 0 Å². The lowest BCUT2D eigenvalue weighted by atomic mass is 9.85. The number of hydrogen-bond donors (Lipinski definition) is 1. The van der Waals surface area contributed by atoms with Gasteiger partial charge >= 0.3 is 0 Å².